The number of methoxy groups -OCH3 is 1. The van der Waals surface area contributed by atoms with Gasteiger partial charge >= 0.3 is 0 Å². The van der Waals surface area contributed by atoms with Gasteiger partial charge in [0.1, 0.15) is 17.1 Å². The topological polar surface area (TPSA) is 34.4 Å². The summed E-state index contributed by atoms with van der Waals surface area (Å²) < 4.78 is 10.8. The number of benzene rings is 1. The molecule has 2 rings (SSSR count). The number of furan rings is 1. The van der Waals surface area contributed by atoms with Gasteiger partial charge in [-0.15, -0.1) is 0 Å². The molecule has 1 aromatic carbocycles. The molecule has 0 atom stereocenters. The summed E-state index contributed by atoms with van der Waals surface area (Å²) in [7, 11) is 1.67. The van der Waals surface area contributed by atoms with Crippen LogP contribution in [0.5, 0.6) is 5.75 Å². The first-order valence-electron chi connectivity index (χ1n) is 5.10. The Morgan fingerprint density at radius 2 is 2.20 bits per heavy atom. The van der Waals surface area contributed by atoms with Crippen LogP contribution in [-0.2, 0) is 6.54 Å². The summed E-state index contributed by atoms with van der Waals surface area (Å²) >= 11 is 0. The summed E-state index contributed by atoms with van der Waals surface area (Å²) in [4.78, 5) is 0. The van der Waals surface area contributed by atoms with E-state index >= 15 is 0 Å². The van der Waals surface area contributed by atoms with E-state index in [1.807, 2.05) is 24.3 Å². The lowest BCUT2D eigenvalue weighted by atomic mass is 10.2. The molecule has 0 spiro atoms. The largest absolute Gasteiger partial charge is 0.497 e. The lowest BCUT2D eigenvalue weighted by Gasteiger charge is -1.96. The molecule has 2 aromatic rings. The predicted octanol–water partition coefficient (Wildman–Crippen LogP) is 2.55. The third-order valence-corrected chi connectivity index (χ3v) is 2.32. The van der Waals surface area contributed by atoms with E-state index in [0.29, 0.717) is 0 Å². The van der Waals surface area contributed by atoms with E-state index in [4.69, 9.17) is 9.15 Å². The van der Waals surface area contributed by atoms with Gasteiger partial charge in [0.25, 0.3) is 0 Å². The van der Waals surface area contributed by atoms with Gasteiger partial charge in [0.05, 0.1) is 13.7 Å². The Morgan fingerprint density at radius 1 is 1.33 bits per heavy atom. The average molecular weight is 205 g/mol. The third kappa shape index (κ3) is 2.13. The standard InChI is InChI=1S/C12H15NO2/c1-3-13-8-11-7-9-6-10(14-2)4-5-12(9)15-11/h4-7,13H,3,8H2,1-2H3. The summed E-state index contributed by atoms with van der Waals surface area (Å²) in [5, 5.41) is 4.31. The first-order valence-corrected chi connectivity index (χ1v) is 5.10. The number of hydrogen-bond donors (Lipinski definition) is 1. The molecule has 0 aliphatic heterocycles. The zero-order valence-electron chi connectivity index (χ0n) is 9.04. The molecular formula is C12H15NO2. The minimum Gasteiger partial charge on any atom is -0.497 e. The minimum absolute atomic E-state index is 0.771. The molecule has 3 heteroatoms. The van der Waals surface area contributed by atoms with Crippen LogP contribution in [0.2, 0.25) is 0 Å². The molecule has 0 saturated heterocycles. The van der Waals surface area contributed by atoms with E-state index in [-0.39, 0.29) is 0 Å². The van der Waals surface area contributed by atoms with Crippen molar-refractivity contribution in [1.29, 1.82) is 0 Å². The molecular weight excluding hydrogens is 190 g/mol. The highest BCUT2D eigenvalue weighted by Crippen LogP contribution is 2.23. The molecule has 0 unspecified atom stereocenters. The van der Waals surface area contributed by atoms with Crippen LogP contribution in [-0.4, -0.2) is 13.7 Å². The van der Waals surface area contributed by atoms with Crippen LogP contribution in [0.25, 0.3) is 11.0 Å². The van der Waals surface area contributed by atoms with Crippen LogP contribution in [0.15, 0.2) is 28.7 Å². The lowest BCUT2D eigenvalue weighted by molar-refractivity contribution is 0.415. The first kappa shape index (κ1) is 10.1. The maximum atomic E-state index is 5.65. The van der Waals surface area contributed by atoms with Crippen LogP contribution in [0.4, 0.5) is 0 Å². The third-order valence-electron chi connectivity index (χ3n) is 2.32. The molecule has 0 fully saturated rings. The van der Waals surface area contributed by atoms with Gasteiger partial charge in [-0.3, -0.25) is 0 Å². The van der Waals surface area contributed by atoms with Crippen molar-refractivity contribution < 1.29 is 9.15 Å². The maximum absolute atomic E-state index is 5.65. The van der Waals surface area contributed by atoms with E-state index in [2.05, 4.69) is 12.2 Å². The van der Waals surface area contributed by atoms with Gasteiger partial charge in [-0.2, -0.15) is 0 Å². The molecule has 1 N–H and O–H groups in total. The van der Waals surface area contributed by atoms with Crippen LogP contribution < -0.4 is 10.1 Å². The molecule has 80 valence electrons. The predicted molar refractivity (Wildman–Crippen MR) is 60.1 cm³/mol. The fourth-order valence-electron chi connectivity index (χ4n) is 1.54. The quantitative estimate of drug-likeness (QED) is 0.833. The van der Waals surface area contributed by atoms with E-state index in [1.165, 1.54) is 0 Å². The van der Waals surface area contributed by atoms with E-state index in [0.717, 1.165) is 35.6 Å². The van der Waals surface area contributed by atoms with Gasteiger partial charge in [0.15, 0.2) is 0 Å². The Morgan fingerprint density at radius 3 is 2.93 bits per heavy atom. The number of ether oxygens (including phenoxy) is 1. The highest BCUT2D eigenvalue weighted by atomic mass is 16.5. The molecule has 0 radical (unpaired) electrons. The summed E-state index contributed by atoms with van der Waals surface area (Å²) in [6, 6.07) is 7.86. The molecule has 0 saturated carbocycles. The SMILES string of the molecule is CCNCc1cc2cc(OC)ccc2o1. The van der Waals surface area contributed by atoms with Crippen molar-refractivity contribution in [2.75, 3.05) is 13.7 Å². The second-order valence-corrected chi connectivity index (χ2v) is 3.40. The van der Waals surface area contributed by atoms with Crippen molar-refractivity contribution in [3.8, 4) is 5.75 Å². The maximum Gasteiger partial charge on any atom is 0.134 e. The number of rotatable bonds is 4. The van der Waals surface area contributed by atoms with Crippen molar-refractivity contribution >= 4 is 11.0 Å². The fraction of sp³-hybridized carbons (Fsp3) is 0.333. The molecule has 15 heavy (non-hydrogen) atoms. The number of nitrogens with one attached hydrogen (secondary N) is 1. The van der Waals surface area contributed by atoms with Crippen LogP contribution in [0, 0.1) is 0 Å². The highest BCUT2D eigenvalue weighted by Gasteiger charge is 2.03. The molecule has 1 heterocycles. The Balaban J connectivity index is 2.29. The smallest absolute Gasteiger partial charge is 0.134 e. The van der Waals surface area contributed by atoms with Gasteiger partial charge in [0, 0.05) is 5.39 Å². The Labute approximate surface area is 89.0 Å². The van der Waals surface area contributed by atoms with Crippen molar-refractivity contribution in [2.45, 2.75) is 13.5 Å². The number of fused-ring (bicyclic) bond motifs is 1. The van der Waals surface area contributed by atoms with Crippen molar-refractivity contribution in [2.24, 2.45) is 0 Å². The van der Waals surface area contributed by atoms with E-state index < -0.39 is 0 Å². The highest BCUT2D eigenvalue weighted by molar-refractivity contribution is 5.79. The van der Waals surface area contributed by atoms with Crippen LogP contribution >= 0.6 is 0 Å². The Hall–Kier alpha value is -1.48. The summed E-state index contributed by atoms with van der Waals surface area (Å²) in [6.45, 7) is 3.79. The van der Waals surface area contributed by atoms with Crippen LogP contribution in [0.3, 0.4) is 0 Å². The minimum atomic E-state index is 0.771. The van der Waals surface area contributed by atoms with Gasteiger partial charge in [-0.05, 0) is 30.8 Å². The molecule has 0 aliphatic carbocycles. The molecule has 1 aromatic heterocycles. The van der Waals surface area contributed by atoms with E-state index in [9.17, 15) is 0 Å². The molecule has 0 bridgehead atoms. The first-order chi connectivity index (χ1) is 7.33. The lowest BCUT2D eigenvalue weighted by Crippen LogP contribution is -2.10. The second-order valence-electron chi connectivity index (χ2n) is 3.40. The van der Waals surface area contributed by atoms with Gasteiger partial charge in [-0.1, -0.05) is 6.92 Å². The zero-order chi connectivity index (χ0) is 10.7. The molecule has 0 aliphatic rings. The average Bonchev–Trinajstić information content (AvgIpc) is 2.67. The molecule has 0 amide bonds. The number of hydrogen-bond acceptors (Lipinski definition) is 3. The monoisotopic (exact) mass is 205 g/mol. The van der Waals surface area contributed by atoms with Crippen LogP contribution in [0.1, 0.15) is 12.7 Å². The van der Waals surface area contributed by atoms with Crippen molar-refractivity contribution in [3.63, 3.8) is 0 Å². The van der Waals surface area contributed by atoms with Gasteiger partial charge in [-0.25, -0.2) is 0 Å². The van der Waals surface area contributed by atoms with Crippen molar-refractivity contribution in [3.05, 3.63) is 30.0 Å². The van der Waals surface area contributed by atoms with E-state index in [1.54, 1.807) is 7.11 Å². The molecule has 3 nitrogen and oxygen atoms in total. The van der Waals surface area contributed by atoms with Gasteiger partial charge < -0.3 is 14.5 Å². The second kappa shape index (κ2) is 4.36. The van der Waals surface area contributed by atoms with Gasteiger partial charge in [0.2, 0.25) is 0 Å². The summed E-state index contributed by atoms with van der Waals surface area (Å²) in [5.41, 5.74) is 0.906. The summed E-state index contributed by atoms with van der Waals surface area (Å²) in [6.07, 6.45) is 0. The Bertz CT molecular complexity index is 448. The van der Waals surface area contributed by atoms with Crippen molar-refractivity contribution in [1.82, 2.24) is 5.32 Å². The summed E-state index contributed by atoms with van der Waals surface area (Å²) in [5.74, 6) is 1.82. The zero-order valence-corrected chi connectivity index (χ0v) is 9.04. The Kier molecular flexibility index (Phi) is 2.92. The fourth-order valence-corrected chi connectivity index (χ4v) is 1.54. The normalized spacial score (nSPS) is 10.8.